The van der Waals surface area contributed by atoms with Crippen molar-refractivity contribution < 1.29 is 0 Å². The highest BCUT2D eigenvalue weighted by Gasteiger charge is 2.18. The van der Waals surface area contributed by atoms with Crippen molar-refractivity contribution in [2.45, 2.75) is 32.6 Å². The highest BCUT2D eigenvalue weighted by molar-refractivity contribution is 6.63. The smallest absolute Gasteiger partial charge is 0.139 e. The molecule has 0 fully saturated rings. The zero-order valence-electron chi connectivity index (χ0n) is 14.5. The molecule has 1 heterocycles. The van der Waals surface area contributed by atoms with Crippen LogP contribution in [-0.4, -0.2) is 36.4 Å². The molecule has 2 aromatic rings. The second-order valence-electron chi connectivity index (χ2n) is 6.79. The van der Waals surface area contributed by atoms with E-state index in [1.54, 1.807) is 0 Å². The van der Waals surface area contributed by atoms with Crippen LogP contribution < -0.4 is 21.9 Å². The summed E-state index contributed by atoms with van der Waals surface area (Å²) in [6.07, 6.45) is 3.17. The van der Waals surface area contributed by atoms with E-state index in [-0.39, 0.29) is 5.41 Å². The van der Waals surface area contributed by atoms with E-state index in [2.05, 4.69) is 70.4 Å². The molecule has 5 heteroatoms. The zero-order valence-corrected chi connectivity index (χ0v) is 14.5. The molecule has 2 rings (SSSR count). The molecule has 1 nitrogen and oxygen atoms in total. The molecule has 21 heavy (non-hydrogen) atoms. The lowest BCUT2D eigenvalue weighted by Gasteiger charge is -2.23. The van der Waals surface area contributed by atoms with Crippen molar-refractivity contribution in [3.05, 3.63) is 30.0 Å². The molecule has 0 amide bonds. The quantitative estimate of drug-likeness (QED) is 0.562. The van der Waals surface area contributed by atoms with Gasteiger partial charge in [0.15, 0.2) is 0 Å². The van der Waals surface area contributed by atoms with Crippen LogP contribution in [0.3, 0.4) is 0 Å². The first-order chi connectivity index (χ1) is 9.77. The minimum Gasteiger partial charge on any atom is -0.256 e. The van der Waals surface area contributed by atoms with Crippen molar-refractivity contribution >= 4 is 53.2 Å². The van der Waals surface area contributed by atoms with Crippen molar-refractivity contribution in [2.75, 3.05) is 0 Å². The van der Waals surface area contributed by atoms with E-state index in [9.17, 15) is 0 Å². The van der Waals surface area contributed by atoms with Crippen LogP contribution in [0, 0.1) is 0 Å². The fraction of sp³-hybridized carbons (Fsp3) is 0.312. The van der Waals surface area contributed by atoms with E-state index in [4.69, 9.17) is 4.98 Å². The van der Waals surface area contributed by atoms with Gasteiger partial charge in [-0.25, -0.2) is 0 Å². The minimum atomic E-state index is 0.194. The third-order valence-electron chi connectivity index (χ3n) is 5.19. The molecule has 0 atom stereocenters. The van der Waals surface area contributed by atoms with Gasteiger partial charge in [0.25, 0.3) is 0 Å². The number of nitrogens with zero attached hydrogens (tertiary/aromatic N) is 1. The number of benzene rings is 1. The predicted octanol–water partition coefficient (Wildman–Crippen LogP) is -2.53. The van der Waals surface area contributed by atoms with Gasteiger partial charge in [-0.15, -0.1) is 10.9 Å². The second-order valence-corrected chi connectivity index (χ2v) is 6.79. The fourth-order valence-electron chi connectivity index (χ4n) is 2.64. The van der Waals surface area contributed by atoms with Crippen LogP contribution in [0.25, 0.3) is 11.3 Å². The van der Waals surface area contributed by atoms with Crippen molar-refractivity contribution in [1.29, 1.82) is 0 Å². The van der Waals surface area contributed by atoms with Gasteiger partial charge in [0.05, 0.1) is 5.69 Å². The van der Waals surface area contributed by atoms with Gasteiger partial charge in [-0.2, -0.15) is 0 Å². The maximum absolute atomic E-state index is 4.74. The summed E-state index contributed by atoms with van der Waals surface area (Å²) >= 11 is 0. The van der Waals surface area contributed by atoms with Crippen molar-refractivity contribution in [1.82, 2.24) is 4.98 Å². The topological polar surface area (TPSA) is 12.9 Å². The summed E-state index contributed by atoms with van der Waals surface area (Å²) < 4.78 is 0. The van der Waals surface area contributed by atoms with Crippen LogP contribution in [-0.2, 0) is 5.41 Å². The van der Waals surface area contributed by atoms with Gasteiger partial charge in [-0.1, -0.05) is 43.8 Å². The molecule has 0 spiro atoms. The molecule has 1 aromatic carbocycles. The minimum absolute atomic E-state index is 0.194. The molecule has 0 saturated carbocycles. The summed E-state index contributed by atoms with van der Waals surface area (Å²) in [5, 5.41) is 0. The first kappa shape index (κ1) is 16.0. The summed E-state index contributed by atoms with van der Waals surface area (Å²) in [5.41, 5.74) is 9.29. The Kier molecular flexibility index (Phi) is 4.41. The molecule has 0 radical (unpaired) electrons. The van der Waals surface area contributed by atoms with Gasteiger partial charge in [0, 0.05) is 6.20 Å². The summed E-state index contributed by atoms with van der Waals surface area (Å²) in [7, 11) is 8.78. The Labute approximate surface area is 132 Å². The summed E-state index contributed by atoms with van der Waals surface area (Å²) in [6.45, 7) is 6.77. The molecule has 0 aliphatic heterocycles. The Morgan fingerprint density at radius 3 is 2.19 bits per heavy atom. The van der Waals surface area contributed by atoms with E-state index in [0.29, 0.717) is 0 Å². The maximum Gasteiger partial charge on any atom is 0.139 e. The lowest BCUT2D eigenvalue weighted by atomic mass is 9.65. The van der Waals surface area contributed by atoms with Gasteiger partial charge < -0.3 is 0 Å². The van der Waals surface area contributed by atoms with Crippen LogP contribution >= 0.6 is 0 Å². The summed E-state index contributed by atoms with van der Waals surface area (Å²) in [6, 6.07) is 6.67. The van der Waals surface area contributed by atoms with Gasteiger partial charge in [-0.3, -0.25) is 4.98 Å². The van der Waals surface area contributed by atoms with E-state index in [1.165, 1.54) is 33.0 Å². The third kappa shape index (κ3) is 2.97. The van der Waals surface area contributed by atoms with Gasteiger partial charge >= 0.3 is 0 Å². The number of hydrogen-bond donors (Lipinski definition) is 0. The molecule has 0 unspecified atom stereocenters. The number of aromatic nitrogens is 1. The summed E-state index contributed by atoms with van der Waals surface area (Å²) in [5.74, 6) is 0. The highest BCUT2D eigenvalue weighted by Crippen LogP contribution is 2.26. The van der Waals surface area contributed by atoms with Crippen molar-refractivity contribution in [3.8, 4) is 11.3 Å². The standard InChI is InChI=1S/C16H23B4N/c1-4-16(2,3)9-5-6-12(21-8-9)10-7-11(17)14(19)15(20)13(10)18/h5-8H,4,17-20H2,1-3H3. The van der Waals surface area contributed by atoms with Crippen LogP contribution in [0.1, 0.15) is 32.8 Å². The first-order valence-corrected chi connectivity index (χ1v) is 7.82. The molecular weight excluding hydrogens is 249 g/mol. The highest BCUT2D eigenvalue weighted by atomic mass is 14.7. The Hall–Kier alpha value is -1.37. The Balaban J connectivity index is 2.50. The number of pyridine rings is 1. The molecule has 104 valence electrons. The van der Waals surface area contributed by atoms with Crippen LogP contribution in [0.5, 0.6) is 0 Å². The van der Waals surface area contributed by atoms with E-state index >= 15 is 0 Å². The summed E-state index contributed by atoms with van der Waals surface area (Å²) in [4.78, 5) is 4.74. The van der Waals surface area contributed by atoms with Gasteiger partial charge in [-0.05, 0) is 29.0 Å². The molecule has 1 aromatic heterocycles. The second kappa shape index (κ2) is 5.79. The Bertz CT molecular complexity index is 663. The van der Waals surface area contributed by atoms with E-state index in [1.807, 2.05) is 6.20 Å². The van der Waals surface area contributed by atoms with Gasteiger partial charge in [0.2, 0.25) is 0 Å². The monoisotopic (exact) mass is 273 g/mol. The van der Waals surface area contributed by atoms with Crippen molar-refractivity contribution in [3.63, 3.8) is 0 Å². The molecular formula is C16H23B4N. The number of hydrogen-bond acceptors (Lipinski definition) is 1. The average molecular weight is 273 g/mol. The van der Waals surface area contributed by atoms with Crippen molar-refractivity contribution in [2.24, 2.45) is 0 Å². The largest absolute Gasteiger partial charge is 0.256 e. The lowest BCUT2D eigenvalue weighted by Crippen LogP contribution is -2.48. The Morgan fingerprint density at radius 1 is 1.00 bits per heavy atom. The molecule has 0 bridgehead atoms. The predicted molar refractivity (Wildman–Crippen MR) is 106 cm³/mol. The first-order valence-electron chi connectivity index (χ1n) is 7.82. The molecule has 0 aliphatic carbocycles. The van der Waals surface area contributed by atoms with E-state index < -0.39 is 0 Å². The van der Waals surface area contributed by atoms with Gasteiger partial charge in [0.1, 0.15) is 31.4 Å². The third-order valence-corrected chi connectivity index (χ3v) is 5.19. The zero-order chi connectivity index (χ0) is 15.8. The van der Waals surface area contributed by atoms with Crippen LogP contribution in [0.2, 0.25) is 0 Å². The fourth-order valence-corrected chi connectivity index (χ4v) is 2.64. The number of rotatable bonds is 3. The molecule has 0 N–H and O–H groups in total. The maximum atomic E-state index is 4.74. The molecule has 0 aliphatic rings. The van der Waals surface area contributed by atoms with E-state index in [0.717, 1.165) is 12.1 Å². The lowest BCUT2D eigenvalue weighted by molar-refractivity contribution is 0.504. The Morgan fingerprint density at radius 2 is 1.67 bits per heavy atom. The normalized spacial score (nSPS) is 11.6. The van der Waals surface area contributed by atoms with Crippen LogP contribution in [0.15, 0.2) is 24.4 Å². The van der Waals surface area contributed by atoms with Crippen LogP contribution in [0.4, 0.5) is 0 Å². The molecule has 0 saturated heterocycles. The average Bonchev–Trinajstić information content (AvgIpc) is 2.49. The SMILES string of the molecule is Bc1cc(-c2ccc(C(C)(C)CC)cn2)c(B)c(B)c1B.